The molecule has 4 nitrogen and oxygen atoms in total. The molecule has 1 aromatic heterocycles. The lowest BCUT2D eigenvalue weighted by molar-refractivity contribution is 0.0525. The number of carbonyl (C=O) groups is 1. The van der Waals surface area contributed by atoms with Crippen molar-refractivity contribution >= 4 is 23.0 Å². The molecule has 0 aliphatic carbocycles. The highest BCUT2D eigenvalue weighted by Gasteiger charge is 2.25. The molecule has 0 N–H and O–H groups in total. The Morgan fingerprint density at radius 1 is 1.48 bits per heavy atom. The summed E-state index contributed by atoms with van der Waals surface area (Å²) < 4.78 is 4.98. The molecule has 5 heteroatoms. The van der Waals surface area contributed by atoms with Crippen molar-refractivity contribution in [1.82, 2.24) is 4.98 Å². The van der Waals surface area contributed by atoms with Gasteiger partial charge in [-0.15, -0.1) is 11.3 Å². The zero-order valence-corrected chi connectivity index (χ0v) is 13.0. The molecule has 0 fully saturated rings. The zero-order valence-electron chi connectivity index (χ0n) is 12.2. The van der Waals surface area contributed by atoms with E-state index in [0.717, 1.165) is 18.8 Å². The lowest BCUT2D eigenvalue weighted by atomic mass is 10.0. The van der Waals surface area contributed by atoms with Crippen molar-refractivity contribution in [1.29, 1.82) is 0 Å². The van der Waals surface area contributed by atoms with Crippen LogP contribution in [0.2, 0.25) is 0 Å². The van der Waals surface area contributed by atoms with Crippen LogP contribution in [0.5, 0.6) is 0 Å². The molecule has 0 saturated heterocycles. The number of thiazole rings is 1. The van der Waals surface area contributed by atoms with Crippen LogP contribution in [-0.4, -0.2) is 24.1 Å². The molecule has 0 spiro atoms. The van der Waals surface area contributed by atoms with E-state index in [9.17, 15) is 4.79 Å². The van der Waals surface area contributed by atoms with E-state index < -0.39 is 0 Å². The number of aromatic nitrogens is 1. The number of nitrogens with zero attached hydrogens (tertiary/aromatic N) is 2. The molecule has 1 aromatic carbocycles. The number of hydrogen-bond acceptors (Lipinski definition) is 5. The van der Waals surface area contributed by atoms with Crippen LogP contribution in [0.3, 0.4) is 0 Å². The summed E-state index contributed by atoms with van der Waals surface area (Å²) in [6.07, 6.45) is 0. The fourth-order valence-electron chi connectivity index (χ4n) is 2.73. The van der Waals surface area contributed by atoms with E-state index in [-0.39, 0.29) is 5.97 Å². The second-order valence-corrected chi connectivity index (χ2v) is 6.06. The average molecular weight is 302 g/mol. The summed E-state index contributed by atoms with van der Waals surface area (Å²) in [5.41, 5.74) is 3.58. The highest BCUT2D eigenvalue weighted by atomic mass is 32.1. The number of benzene rings is 1. The molecule has 3 rings (SSSR count). The molecule has 1 aliphatic rings. The largest absolute Gasteiger partial charge is 0.461 e. The summed E-state index contributed by atoms with van der Waals surface area (Å²) in [7, 11) is 0. The van der Waals surface area contributed by atoms with Crippen LogP contribution in [0.1, 0.15) is 40.8 Å². The van der Waals surface area contributed by atoms with E-state index in [2.05, 4.69) is 41.1 Å². The van der Waals surface area contributed by atoms with Gasteiger partial charge in [0.2, 0.25) is 5.01 Å². The van der Waals surface area contributed by atoms with Gasteiger partial charge in [0.05, 0.1) is 18.8 Å². The number of anilines is 1. The van der Waals surface area contributed by atoms with Crippen LogP contribution < -0.4 is 4.90 Å². The first-order valence-corrected chi connectivity index (χ1v) is 8.02. The summed E-state index contributed by atoms with van der Waals surface area (Å²) in [5, 5.41) is 2.38. The number of hydrogen-bond donors (Lipinski definition) is 0. The highest BCUT2D eigenvalue weighted by molar-refractivity contribution is 7.11. The summed E-state index contributed by atoms with van der Waals surface area (Å²) in [6.45, 7) is 6.15. The maximum atomic E-state index is 11.7. The Morgan fingerprint density at radius 3 is 3.10 bits per heavy atom. The first kappa shape index (κ1) is 14.1. The molecule has 0 bridgehead atoms. The number of fused-ring (bicyclic) bond motifs is 1. The Labute approximate surface area is 128 Å². The van der Waals surface area contributed by atoms with Crippen molar-refractivity contribution in [3.63, 3.8) is 0 Å². The summed E-state index contributed by atoms with van der Waals surface area (Å²) >= 11 is 1.35. The lowest BCUT2D eigenvalue weighted by Gasteiger charge is -2.18. The Balaban J connectivity index is 1.75. The van der Waals surface area contributed by atoms with Crippen molar-refractivity contribution in [2.45, 2.75) is 26.3 Å². The minimum absolute atomic E-state index is 0.330. The minimum atomic E-state index is -0.330. The molecule has 110 valence electrons. The Hall–Kier alpha value is -1.88. The number of carbonyl (C=O) groups excluding carboxylic acids is 1. The second kappa shape index (κ2) is 5.85. The zero-order chi connectivity index (χ0) is 14.8. The SMILES string of the molecule is CCOC(=O)c1nc(CN2CC(C)c3ccccc32)cs1. The third-order valence-corrected chi connectivity index (χ3v) is 4.53. The summed E-state index contributed by atoms with van der Waals surface area (Å²) in [4.78, 5) is 18.4. The Morgan fingerprint density at radius 2 is 2.29 bits per heavy atom. The van der Waals surface area contributed by atoms with Gasteiger partial charge in [0.25, 0.3) is 0 Å². The Kier molecular flexibility index (Phi) is 3.92. The van der Waals surface area contributed by atoms with Gasteiger partial charge in [-0.25, -0.2) is 9.78 Å². The van der Waals surface area contributed by atoms with Crippen molar-refractivity contribution in [2.75, 3.05) is 18.1 Å². The normalized spacial score (nSPS) is 16.9. The van der Waals surface area contributed by atoms with Gasteiger partial charge in [-0.1, -0.05) is 25.1 Å². The van der Waals surface area contributed by atoms with Gasteiger partial charge >= 0.3 is 5.97 Å². The minimum Gasteiger partial charge on any atom is -0.461 e. The van der Waals surface area contributed by atoms with E-state index >= 15 is 0 Å². The number of esters is 1. The van der Waals surface area contributed by atoms with Crippen LogP contribution in [0.4, 0.5) is 5.69 Å². The van der Waals surface area contributed by atoms with E-state index in [1.807, 2.05) is 5.38 Å². The van der Waals surface area contributed by atoms with Crippen LogP contribution in [0.25, 0.3) is 0 Å². The topological polar surface area (TPSA) is 42.4 Å². The number of para-hydroxylation sites is 1. The predicted molar refractivity (Wildman–Crippen MR) is 84.0 cm³/mol. The smallest absolute Gasteiger partial charge is 0.367 e. The van der Waals surface area contributed by atoms with Crippen molar-refractivity contribution in [3.05, 3.63) is 45.9 Å². The fourth-order valence-corrected chi connectivity index (χ4v) is 3.43. The van der Waals surface area contributed by atoms with E-state index in [4.69, 9.17) is 4.74 Å². The molecule has 0 amide bonds. The van der Waals surface area contributed by atoms with Gasteiger partial charge in [-0.2, -0.15) is 0 Å². The van der Waals surface area contributed by atoms with Gasteiger partial charge < -0.3 is 9.64 Å². The van der Waals surface area contributed by atoms with E-state index in [0.29, 0.717) is 17.5 Å². The first-order valence-electron chi connectivity index (χ1n) is 7.14. The molecule has 1 atom stereocenters. The van der Waals surface area contributed by atoms with Gasteiger partial charge in [0, 0.05) is 23.5 Å². The second-order valence-electron chi connectivity index (χ2n) is 5.20. The van der Waals surface area contributed by atoms with Crippen molar-refractivity contribution in [3.8, 4) is 0 Å². The third kappa shape index (κ3) is 2.78. The van der Waals surface area contributed by atoms with Crippen molar-refractivity contribution in [2.24, 2.45) is 0 Å². The van der Waals surface area contributed by atoms with Crippen LogP contribution in [0, 0.1) is 0 Å². The third-order valence-electron chi connectivity index (χ3n) is 3.66. The maximum Gasteiger partial charge on any atom is 0.367 e. The standard InChI is InChI=1S/C16H18N2O2S/c1-3-20-16(19)15-17-12(10-21-15)9-18-8-11(2)13-6-4-5-7-14(13)18/h4-7,10-11H,3,8-9H2,1-2H3. The molecule has 2 heterocycles. The maximum absolute atomic E-state index is 11.7. The van der Waals surface area contributed by atoms with E-state index in [1.54, 1.807) is 6.92 Å². The van der Waals surface area contributed by atoms with Gasteiger partial charge in [0.15, 0.2) is 0 Å². The number of ether oxygens (including phenoxy) is 1. The van der Waals surface area contributed by atoms with Crippen molar-refractivity contribution < 1.29 is 9.53 Å². The summed E-state index contributed by atoms with van der Waals surface area (Å²) in [6, 6.07) is 8.48. The van der Waals surface area contributed by atoms with Gasteiger partial charge in [0.1, 0.15) is 0 Å². The van der Waals surface area contributed by atoms with E-state index in [1.165, 1.54) is 22.6 Å². The molecule has 1 aliphatic heterocycles. The summed E-state index contributed by atoms with van der Waals surface area (Å²) in [5.74, 6) is 0.202. The quantitative estimate of drug-likeness (QED) is 0.811. The van der Waals surface area contributed by atoms with Crippen LogP contribution >= 0.6 is 11.3 Å². The molecule has 21 heavy (non-hydrogen) atoms. The highest BCUT2D eigenvalue weighted by Crippen LogP contribution is 2.36. The molecule has 2 aromatic rings. The molecule has 0 saturated carbocycles. The molecular weight excluding hydrogens is 284 g/mol. The van der Waals surface area contributed by atoms with Gasteiger partial charge in [-0.05, 0) is 18.6 Å². The van der Waals surface area contributed by atoms with Gasteiger partial charge in [-0.3, -0.25) is 0 Å². The Bertz CT molecular complexity index is 653. The monoisotopic (exact) mass is 302 g/mol. The fraction of sp³-hybridized carbons (Fsp3) is 0.375. The van der Waals surface area contributed by atoms with Crippen LogP contribution in [0.15, 0.2) is 29.6 Å². The number of rotatable bonds is 4. The molecule has 1 unspecified atom stereocenters. The predicted octanol–water partition coefficient (Wildman–Crippen LogP) is 3.44. The van der Waals surface area contributed by atoms with Crippen LogP contribution in [-0.2, 0) is 11.3 Å². The molecule has 0 radical (unpaired) electrons. The first-order chi connectivity index (χ1) is 10.2. The average Bonchev–Trinajstić information content (AvgIpc) is 3.06. The lowest BCUT2D eigenvalue weighted by Crippen LogP contribution is -2.21. The molecular formula is C16H18N2O2S.